The van der Waals surface area contributed by atoms with E-state index in [0.29, 0.717) is 10.8 Å². The molecule has 122 valence electrons. The molecule has 0 atom stereocenters. The van der Waals surface area contributed by atoms with Crippen LogP contribution in [-0.4, -0.2) is 9.97 Å². The van der Waals surface area contributed by atoms with Gasteiger partial charge in [-0.3, -0.25) is 0 Å². The van der Waals surface area contributed by atoms with Crippen molar-refractivity contribution in [2.75, 3.05) is 10.5 Å². The van der Waals surface area contributed by atoms with E-state index >= 15 is 0 Å². The lowest BCUT2D eigenvalue weighted by Gasteiger charge is -2.13. The van der Waals surface area contributed by atoms with Crippen LogP contribution >= 0.6 is 23.5 Å². The van der Waals surface area contributed by atoms with Gasteiger partial charge in [-0.1, -0.05) is 29.8 Å². The van der Waals surface area contributed by atoms with E-state index in [1.165, 1.54) is 11.9 Å². The van der Waals surface area contributed by atoms with Crippen LogP contribution in [0.3, 0.4) is 0 Å². The van der Waals surface area contributed by atoms with Crippen LogP contribution in [0.5, 0.6) is 0 Å². The zero-order valence-corrected chi connectivity index (χ0v) is 14.9. The zero-order chi connectivity index (χ0) is 17.1. The third-order valence-electron chi connectivity index (χ3n) is 3.60. The quantitative estimate of drug-likeness (QED) is 0.635. The number of nitrogens with zero attached hydrogens (tertiary/aromatic N) is 2. The minimum atomic E-state index is 0.501. The minimum absolute atomic E-state index is 0.501. The average molecular weight is 357 g/mol. The fraction of sp³-hybridized carbons (Fsp3) is 0.111. The molecule has 0 saturated carbocycles. The molecule has 0 amide bonds. The maximum Gasteiger partial charge on any atom is 0.136 e. The van der Waals surface area contributed by atoms with Gasteiger partial charge >= 0.3 is 0 Å². The molecular weight excluding hydrogens is 340 g/mol. The molecule has 3 rings (SSSR count). The fourth-order valence-corrected chi connectivity index (χ4v) is 3.20. The Kier molecular flexibility index (Phi) is 4.92. The Labute approximate surface area is 150 Å². The lowest BCUT2D eigenvalue weighted by atomic mass is 9.99. The normalized spacial score (nSPS) is 10.6. The highest BCUT2D eigenvalue weighted by atomic mass is 35.5. The predicted molar refractivity (Wildman–Crippen MR) is 102 cm³/mol. The van der Waals surface area contributed by atoms with Crippen LogP contribution in [0.2, 0.25) is 5.02 Å². The molecule has 0 bridgehead atoms. The molecule has 3 N–H and O–H groups in total. The zero-order valence-electron chi connectivity index (χ0n) is 13.4. The Balaban J connectivity index is 1.88. The summed E-state index contributed by atoms with van der Waals surface area (Å²) in [5.41, 5.74) is 9.76. The number of benzene rings is 1. The third-order valence-corrected chi connectivity index (χ3v) is 4.69. The Morgan fingerprint density at radius 3 is 2.46 bits per heavy atom. The molecule has 0 aliphatic heterocycles. The van der Waals surface area contributed by atoms with E-state index in [-0.39, 0.29) is 0 Å². The number of aromatic nitrogens is 2. The van der Waals surface area contributed by atoms with Gasteiger partial charge in [0.15, 0.2) is 0 Å². The SMILES string of the molecule is Cc1cccc(C)c1-c1nc(NSc2ccc(N)nc2)ccc1Cl. The van der Waals surface area contributed by atoms with Crippen LogP contribution in [-0.2, 0) is 0 Å². The lowest BCUT2D eigenvalue weighted by molar-refractivity contribution is 1.25. The molecule has 0 saturated heterocycles. The van der Waals surface area contributed by atoms with Crippen molar-refractivity contribution in [3.05, 3.63) is 64.8 Å². The number of hydrogen-bond acceptors (Lipinski definition) is 5. The molecule has 3 aromatic rings. The molecule has 2 heterocycles. The first kappa shape index (κ1) is 16.6. The van der Waals surface area contributed by atoms with Gasteiger partial charge in [-0.05, 0) is 61.2 Å². The fourth-order valence-electron chi connectivity index (χ4n) is 2.43. The Morgan fingerprint density at radius 1 is 1.04 bits per heavy atom. The highest BCUT2D eigenvalue weighted by molar-refractivity contribution is 8.00. The number of pyridine rings is 2. The van der Waals surface area contributed by atoms with E-state index in [0.717, 1.165) is 33.1 Å². The number of halogens is 1. The molecule has 0 aliphatic rings. The third kappa shape index (κ3) is 3.63. The molecule has 2 aromatic heterocycles. The molecule has 1 aromatic carbocycles. The lowest BCUT2D eigenvalue weighted by Crippen LogP contribution is -1.96. The summed E-state index contributed by atoms with van der Waals surface area (Å²) in [6.07, 6.45) is 1.72. The summed E-state index contributed by atoms with van der Waals surface area (Å²) in [5, 5.41) is 0.636. The number of hydrogen-bond donors (Lipinski definition) is 2. The maximum atomic E-state index is 6.39. The van der Waals surface area contributed by atoms with Crippen LogP contribution in [0.1, 0.15) is 11.1 Å². The number of aryl methyl sites for hydroxylation is 2. The summed E-state index contributed by atoms with van der Waals surface area (Å²) in [4.78, 5) is 9.71. The van der Waals surface area contributed by atoms with Crippen LogP contribution in [0, 0.1) is 13.8 Å². The van der Waals surface area contributed by atoms with Crippen molar-refractivity contribution in [2.45, 2.75) is 18.7 Å². The van der Waals surface area contributed by atoms with Gasteiger partial charge in [-0.2, -0.15) is 0 Å². The summed E-state index contributed by atoms with van der Waals surface area (Å²) in [6, 6.07) is 13.6. The van der Waals surface area contributed by atoms with Gasteiger partial charge in [0.25, 0.3) is 0 Å². The predicted octanol–water partition coefficient (Wildman–Crippen LogP) is 5.12. The summed E-state index contributed by atoms with van der Waals surface area (Å²) in [6.45, 7) is 4.13. The second-order valence-corrected chi connectivity index (χ2v) is 6.70. The highest BCUT2D eigenvalue weighted by Gasteiger charge is 2.12. The molecule has 0 spiro atoms. The van der Waals surface area contributed by atoms with Crippen LogP contribution in [0.15, 0.2) is 53.6 Å². The summed E-state index contributed by atoms with van der Waals surface area (Å²) < 4.78 is 3.22. The van der Waals surface area contributed by atoms with E-state index in [4.69, 9.17) is 17.3 Å². The molecule has 4 nitrogen and oxygen atoms in total. The summed E-state index contributed by atoms with van der Waals surface area (Å²) in [7, 11) is 0. The first-order valence-electron chi connectivity index (χ1n) is 7.42. The molecule has 6 heteroatoms. The van der Waals surface area contributed by atoms with Gasteiger partial charge in [-0.15, -0.1) is 0 Å². The molecule has 24 heavy (non-hydrogen) atoms. The number of nitrogens with one attached hydrogen (secondary N) is 1. The smallest absolute Gasteiger partial charge is 0.136 e. The van der Waals surface area contributed by atoms with E-state index in [1.807, 2.05) is 24.3 Å². The number of nitrogens with two attached hydrogens (primary N) is 1. The van der Waals surface area contributed by atoms with Crippen LogP contribution in [0.4, 0.5) is 11.6 Å². The Bertz CT molecular complexity index is 845. The highest BCUT2D eigenvalue weighted by Crippen LogP contribution is 2.33. The average Bonchev–Trinajstić information content (AvgIpc) is 2.56. The first-order valence-corrected chi connectivity index (χ1v) is 8.61. The Morgan fingerprint density at radius 2 is 1.79 bits per heavy atom. The molecule has 0 unspecified atom stereocenters. The first-order chi connectivity index (χ1) is 11.5. The van der Waals surface area contributed by atoms with Crippen LogP contribution < -0.4 is 10.5 Å². The van der Waals surface area contributed by atoms with E-state index in [1.54, 1.807) is 12.3 Å². The van der Waals surface area contributed by atoms with E-state index < -0.39 is 0 Å². The van der Waals surface area contributed by atoms with Gasteiger partial charge in [0.05, 0.1) is 10.7 Å². The minimum Gasteiger partial charge on any atom is -0.384 e. The summed E-state index contributed by atoms with van der Waals surface area (Å²) in [5.74, 6) is 1.24. The van der Waals surface area contributed by atoms with Crippen molar-refractivity contribution in [1.82, 2.24) is 9.97 Å². The molecule has 0 aliphatic carbocycles. The number of nitrogen functional groups attached to an aromatic ring is 1. The summed E-state index contributed by atoms with van der Waals surface area (Å²) >= 11 is 7.82. The van der Waals surface area contributed by atoms with Crippen LogP contribution in [0.25, 0.3) is 11.3 Å². The maximum absolute atomic E-state index is 6.39. The standard InChI is InChI=1S/C18H17ClN4S/c1-11-4-3-5-12(2)17(11)18-14(19)7-9-16(22-18)23-24-13-6-8-15(20)21-10-13/h3-10H,1-2H3,(H2,20,21)(H,22,23). The second-order valence-electron chi connectivity index (χ2n) is 5.42. The van der Waals surface area contributed by atoms with Gasteiger partial charge in [-0.25, -0.2) is 9.97 Å². The van der Waals surface area contributed by atoms with Crippen molar-refractivity contribution in [3.8, 4) is 11.3 Å². The second kappa shape index (κ2) is 7.11. The van der Waals surface area contributed by atoms with Gasteiger partial charge in [0.2, 0.25) is 0 Å². The number of anilines is 2. The monoisotopic (exact) mass is 356 g/mol. The van der Waals surface area contributed by atoms with Gasteiger partial charge in [0.1, 0.15) is 11.6 Å². The van der Waals surface area contributed by atoms with E-state index in [9.17, 15) is 0 Å². The number of rotatable bonds is 4. The van der Waals surface area contributed by atoms with Gasteiger partial charge in [0, 0.05) is 16.7 Å². The molecule has 0 radical (unpaired) electrons. The van der Waals surface area contributed by atoms with Gasteiger partial charge < -0.3 is 10.5 Å². The molecular formula is C18H17ClN4S. The van der Waals surface area contributed by atoms with E-state index in [2.05, 4.69) is 40.7 Å². The van der Waals surface area contributed by atoms with Crippen molar-refractivity contribution < 1.29 is 0 Å². The van der Waals surface area contributed by atoms with Crippen molar-refractivity contribution in [1.29, 1.82) is 0 Å². The Hall–Kier alpha value is -2.24. The van der Waals surface area contributed by atoms with Crippen molar-refractivity contribution in [2.24, 2.45) is 0 Å². The largest absolute Gasteiger partial charge is 0.384 e. The molecule has 0 fully saturated rings. The topological polar surface area (TPSA) is 63.8 Å². The van der Waals surface area contributed by atoms with Crippen molar-refractivity contribution >= 4 is 35.2 Å². The van der Waals surface area contributed by atoms with Crippen molar-refractivity contribution in [3.63, 3.8) is 0 Å².